The van der Waals surface area contributed by atoms with E-state index < -0.39 is 0 Å². The van der Waals surface area contributed by atoms with Crippen LogP contribution in [0.15, 0.2) is 67.1 Å². The summed E-state index contributed by atoms with van der Waals surface area (Å²) in [6.45, 7) is 1.59. The van der Waals surface area contributed by atoms with Crippen LogP contribution in [0.4, 0.5) is 5.82 Å². The lowest BCUT2D eigenvalue weighted by Gasteiger charge is -2.11. The molecule has 4 heterocycles. The molecule has 0 radical (unpaired) electrons. The number of hydrogen-bond acceptors (Lipinski definition) is 8. The Labute approximate surface area is 182 Å². The molecule has 0 bridgehead atoms. The van der Waals surface area contributed by atoms with Gasteiger partial charge in [0, 0.05) is 18.8 Å². The topological polar surface area (TPSA) is 127 Å². The fourth-order valence-electron chi connectivity index (χ4n) is 3.35. The summed E-state index contributed by atoms with van der Waals surface area (Å²) in [5.74, 6) is 1.20. The first-order chi connectivity index (χ1) is 15.6. The quantitative estimate of drug-likeness (QED) is 0.425. The summed E-state index contributed by atoms with van der Waals surface area (Å²) in [6, 6.07) is 14.9. The number of hydrogen-bond donors (Lipinski definition) is 1. The van der Waals surface area contributed by atoms with Gasteiger partial charge >= 0.3 is 5.97 Å². The van der Waals surface area contributed by atoms with E-state index in [0.29, 0.717) is 34.2 Å². The number of nitrogen functional groups attached to an aromatic ring is 1. The summed E-state index contributed by atoms with van der Waals surface area (Å²) in [5, 5.41) is 8.33. The minimum atomic E-state index is -0.326. The van der Waals surface area contributed by atoms with Gasteiger partial charge in [-0.3, -0.25) is 9.36 Å². The molecule has 0 aliphatic carbocycles. The van der Waals surface area contributed by atoms with Crippen molar-refractivity contribution < 1.29 is 9.53 Å². The molecule has 2 N–H and O–H groups in total. The molecule has 0 fully saturated rings. The van der Waals surface area contributed by atoms with E-state index in [4.69, 9.17) is 20.4 Å². The highest BCUT2D eigenvalue weighted by Crippen LogP contribution is 2.30. The number of esters is 1. The second-order valence-electron chi connectivity index (χ2n) is 6.98. The van der Waals surface area contributed by atoms with E-state index in [0.717, 1.165) is 11.3 Å². The maximum Gasteiger partial charge on any atom is 0.302 e. The molecule has 10 nitrogen and oxygen atoms in total. The predicted molar refractivity (Wildman–Crippen MR) is 117 cm³/mol. The molecule has 4 aromatic heterocycles. The molecule has 0 aliphatic rings. The molecule has 10 heteroatoms. The van der Waals surface area contributed by atoms with Crippen LogP contribution in [0.3, 0.4) is 0 Å². The standard InChI is InChI=1S/C22H18N8O2/c1-14(31)32-13-15-4-6-16(7-5-15)29-21(17-3-2-10-24-20(17)23)27-18-8-9-19(28-22(18)29)30-25-11-12-26-30/h2-12H,13H2,1H3,(H2,23,24). The molecule has 32 heavy (non-hydrogen) atoms. The highest BCUT2D eigenvalue weighted by Gasteiger charge is 2.19. The average molecular weight is 426 g/mol. The largest absolute Gasteiger partial charge is 0.461 e. The molecule has 0 amide bonds. The zero-order valence-electron chi connectivity index (χ0n) is 17.1. The van der Waals surface area contributed by atoms with Crippen LogP contribution in [0.5, 0.6) is 0 Å². The van der Waals surface area contributed by atoms with E-state index in [9.17, 15) is 4.79 Å². The van der Waals surface area contributed by atoms with Crippen molar-refractivity contribution in [2.45, 2.75) is 13.5 Å². The Kier molecular flexibility index (Phi) is 4.79. The summed E-state index contributed by atoms with van der Waals surface area (Å²) in [7, 11) is 0. The third-order valence-corrected chi connectivity index (χ3v) is 4.83. The number of benzene rings is 1. The number of carbonyl (C=O) groups excluding carboxylic acids is 1. The molecule has 0 saturated carbocycles. The molecule has 0 unspecified atom stereocenters. The average Bonchev–Trinajstić information content (AvgIpc) is 3.46. The number of aromatic nitrogens is 7. The molecule has 0 spiro atoms. The fourth-order valence-corrected chi connectivity index (χ4v) is 3.35. The van der Waals surface area contributed by atoms with E-state index in [1.807, 2.05) is 47.0 Å². The fraction of sp³-hybridized carbons (Fsp3) is 0.0909. The van der Waals surface area contributed by atoms with E-state index in [1.165, 1.54) is 11.7 Å². The van der Waals surface area contributed by atoms with Gasteiger partial charge < -0.3 is 10.5 Å². The van der Waals surface area contributed by atoms with Gasteiger partial charge in [-0.05, 0) is 42.0 Å². The van der Waals surface area contributed by atoms with Gasteiger partial charge in [0.1, 0.15) is 17.9 Å². The van der Waals surface area contributed by atoms with Crippen LogP contribution < -0.4 is 5.73 Å². The van der Waals surface area contributed by atoms with Gasteiger partial charge in [-0.2, -0.15) is 10.2 Å². The molecular formula is C22H18N8O2. The van der Waals surface area contributed by atoms with Crippen LogP contribution in [-0.4, -0.2) is 40.5 Å². The minimum Gasteiger partial charge on any atom is -0.461 e. The monoisotopic (exact) mass is 426 g/mol. The first kappa shape index (κ1) is 19.4. The highest BCUT2D eigenvalue weighted by molar-refractivity contribution is 5.83. The Morgan fingerprint density at radius 2 is 1.78 bits per heavy atom. The summed E-state index contributed by atoms with van der Waals surface area (Å²) in [4.78, 5) is 26.3. The third kappa shape index (κ3) is 3.54. The van der Waals surface area contributed by atoms with Gasteiger partial charge in [0.05, 0.1) is 18.0 Å². The zero-order valence-corrected chi connectivity index (χ0v) is 17.1. The van der Waals surface area contributed by atoms with Gasteiger partial charge in [-0.15, -0.1) is 4.80 Å². The first-order valence-electron chi connectivity index (χ1n) is 9.80. The molecule has 158 valence electrons. The number of ether oxygens (including phenoxy) is 1. The lowest BCUT2D eigenvalue weighted by Crippen LogP contribution is -2.05. The maximum atomic E-state index is 11.1. The number of rotatable bonds is 5. The Bertz CT molecular complexity index is 1410. The minimum absolute atomic E-state index is 0.204. The van der Waals surface area contributed by atoms with Crippen molar-refractivity contribution >= 4 is 23.0 Å². The van der Waals surface area contributed by atoms with Crippen molar-refractivity contribution in [2.75, 3.05) is 5.73 Å². The Morgan fingerprint density at radius 3 is 2.50 bits per heavy atom. The second-order valence-corrected chi connectivity index (χ2v) is 6.98. The third-order valence-electron chi connectivity index (χ3n) is 4.83. The van der Waals surface area contributed by atoms with Gasteiger partial charge in [-0.1, -0.05) is 12.1 Å². The zero-order chi connectivity index (χ0) is 22.1. The Morgan fingerprint density at radius 1 is 1.00 bits per heavy atom. The van der Waals surface area contributed by atoms with Crippen LogP contribution in [-0.2, 0) is 16.1 Å². The Balaban J connectivity index is 1.69. The smallest absolute Gasteiger partial charge is 0.302 e. The van der Waals surface area contributed by atoms with Gasteiger partial charge in [0.25, 0.3) is 0 Å². The van der Waals surface area contributed by atoms with E-state index in [-0.39, 0.29) is 12.6 Å². The van der Waals surface area contributed by atoms with Gasteiger partial charge in [0.15, 0.2) is 17.3 Å². The number of fused-ring (bicyclic) bond motifs is 1. The van der Waals surface area contributed by atoms with E-state index >= 15 is 0 Å². The van der Waals surface area contributed by atoms with E-state index in [2.05, 4.69) is 15.2 Å². The molecule has 5 aromatic rings. The number of nitrogens with two attached hydrogens (primary N) is 1. The summed E-state index contributed by atoms with van der Waals surface area (Å²) in [5.41, 5.74) is 9.83. The lowest BCUT2D eigenvalue weighted by molar-refractivity contribution is -0.142. The van der Waals surface area contributed by atoms with Crippen molar-refractivity contribution in [1.29, 1.82) is 0 Å². The molecule has 0 atom stereocenters. The first-order valence-corrected chi connectivity index (χ1v) is 9.80. The van der Waals surface area contributed by atoms with Gasteiger partial charge in [-0.25, -0.2) is 15.0 Å². The number of carbonyl (C=O) groups is 1. The molecule has 5 rings (SSSR count). The molecule has 0 aliphatic heterocycles. The van der Waals surface area contributed by atoms with Crippen molar-refractivity contribution in [3.63, 3.8) is 0 Å². The second kappa shape index (κ2) is 7.91. The number of pyridine rings is 2. The van der Waals surface area contributed by atoms with Crippen LogP contribution >= 0.6 is 0 Å². The lowest BCUT2D eigenvalue weighted by atomic mass is 10.2. The summed E-state index contributed by atoms with van der Waals surface area (Å²) < 4.78 is 6.99. The SMILES string of the molecule is CC(=O)OCc1ccc(-n2c(-c3cccnc3N)nc3ccc(-n4nccn4)nc32)cc1. The molecule has 1 aromatic carbocycles. The predicted octanol–water partition coefficient (Wildman–Crippen LogP) is 2.71. The van der Waals surface area contributed by atoms with Crippen molar-refractivity contribution in [1.82, 2.24) is 34.5 Å². The van der Waals surface area contributed by atoms with E-state index in [1.54, 1.807) is 24.7 Å². The molecule has 0 saturated heterocycles. The Hall–Kier alpha value is -4.60. The van der Waals surface area contributed by atoms with Crippen LogP contribution in [0.2, 0.25) is 0 Å². The normalized spacial score (nSPS) is 11.0. The van der Waals surface area contributed by atoms with Crippen molar-refractivity contribution in [3.8, 4) is 22.9 Å². The molecular weight excluding hydrogens is 408 g/mol. The number of anilines is 1. The van der Waals surface area contributed by atoms with Gasteiger partial charge in [0.2, 0.25) is 0 Å². The van der Waals surface area contributed by atoms with Crippen LogP contribution in [0.1, 0.15) is 12.5 Å². The summed E-state index contributed by atoms with van der Waals surface area (Å²) in [6.07, 6.45) is 4.81. The highest BCUT2D eigenvalue weighted by atomic mass is 16.5. The van der Waals surface area contributed by atoms with Crippen molar-refractivity contribution in [2.24, 2.45) is 0 Å². The van der Waals surface area contributed by atoms with Crippen LogP contribution in [0, 0.1) is 0 Å². The number of imidazole rings is 1. The number of nitrogens with zero attached hydrogens (tertiary/aromatic N) is 7. The maximum absolute atomic E-state index is 11.1. The summed E-state index contributed by atoms with van der Waals surface area (Å²) >= 11 is 0. The van der Waals surface area contributed by atoms with Crippen LogP contribution in [0.25, 0.3) is 34.1 Å². The van der Waals surface area contributed by atoms with Crippen molar-refractivity contribution in [3.05, 3.63) is 72.7 Å².